The minimum Gasteiger partial charge on any atom is -0.268 e. The third kappa shape index (κ3) is 3.07. The number of hydrogen-bond acceptors (Lipinski definition) is 3. The molecule has 0 atom stereocenters. The maximum Gasteiger partial charge on any atom is 0.264 e. The third-order valence-corrected chi connectivity index (χ3v) is 3.08. The molecule has 0 bridgehead atoms. The predicted octanol–water partition coefficient (Wildman–Crippen LogP) is 2.66. The lowest BCUT2D eigenvalue weighted by molar-refractivity contribution is 0.977. The van der Waals surface area contributed by atoms with Gasteiger partial charge < -0.3 is 0 Å². The second-order valence-electron chi connectivity index (χ2n) is 3.42. The van der Waals surface area contributed by atoms with Gasteiger partial charge in [0.2, 0.25) is 0 Å². The van der Waals surface area contributed by atoms with Crippen LogP contribution in [0, 0.1) is 0 Å². The first-order chi connectivity index (χ1) is 8.29. The monoisotopic (exact) mass is 244 g/mol. The van der Waals surface area contributed by atoms with Crippen molar-refractivity contribution in [3.63, 3.8) is 0 Å². The van der Waals surface area contributed by atoms with Crippen molar-refractivity contribution in [3.05, 3.63) is 58.0 Å². The molecule has 0 saturated heterocycles. The van der Waals surface area contributed by atoms with Crippen LogP contribution >= 0.6 is 11.8 Å². The zero-order valence-corrected chi connectivity index (χ0v) is 10.2. The van der Waals surface area contributed by atoms with Crippen LogP contribution in [0.1, 0.15) is 11.3 Å². The van der Waals surface area contributed by atoms with Crippen LogP contribution in [0.2, 0.25) is 0 Å². The van der Waals surface area contributed by atoms with Gasteiger partial charge in [0.05, 0.1) is 5.69 Å². The van der Waals surface area contributed by atoms with Gasteiger partial charge >= 0.3 is 0 Å². The summed E-state index contributed by atoms with van der Waals surface area (Å²) in [6, 6.07) is 11.3. The highest BCUT2D eigenvalue weighted by Crippen LogP contribution is 2.21. The Balaban J connectivity index is 2.25. The van der Waals surface area contributed by atoms with Crippen molar-refractivity contribution in [2.24, 2.45) is 0 Å². The van der Waals surface area contributed by atoms with Gasteiger partial charge in [-0.3, -0.25) is 4.79 Å². The van der Waals surface area contributed by atoms with Crippen LogP contribution in [-0.4, -0.2) is 16.5 Å². The molecule has 2 aromatic rings. The number of H-pyrrole nitrogens is 1. The standard InChI is InChI=1S/C13H12N2OS/c1-17-12-5-3-2-4-10(12)6-7-11-8-9-13(16)15-14-11/h2-9H,1H3,(H,15,16)/b7-6+. The topological polar surface area (TPSA) is 45.8 Å². The van der Waals surface area contributed by atoms with Crippen LogP contribution in [0.4, 0.5) is 0 Å². The van der Waals surface area contributed by atoms with Crippen molar-refractivity contribution in [2.45, 2.75) is 4.90 Å². The highest BCUT2D eigenvalue weighted by atomic mass is 32.2. The molecule has 1 aromatic carbocycles. The molecule has 2 rings (SSSR count). The molecule has 0 radical (unpaired) electrons. The summed E-state index contributed by atoms with van der Waals surface area (Å²) in [4.78, 5) is 12.1. The average Bonchev–Trinajstić information content (AvgIpc) is 2.38. The number of nitrogens with one attached hydrogen (secondary N) is 1. The molecule has 1 heterocycles. The van der Waals surface area contributed by atoms with Gasteiger partial charge in [-0.05, 0) is 30.0 Å². The van der Waals surface area contributed by atoms with E-state index in [0.717, 1.165) is 11.3 Å². The predicted molar refractivity (Wildman–Crippen MR) is 72.0 cm³/mol. The number of thioether (sulfide) groups is 1. The van der Waals surface area contributed by atoms with Gasteiger partial charge in [-0.15, -0.1) is 11.8 Å². The van der Waals surface area contributed by atoms with Gasteiger partial charge in [-0.25, -0.2) is 5.10 Å². The molecule has 0 spiro atoms. The van der Waals surface area contributed by atoms with E-state index < -0.39 is 0 Å². The lowest BCUT2D eigenvalue weighted by atomic mass is 10.2. The van der Waals surface area contributed by atoms with Gasteiger partial charge in [-0.1, -0.05) is 24.3 Å². The fraction of sp³-hybridized carbons (Fsp3) is 0.0769. The fourth-order valence-corrected chi connectivity index (χ4v) is 2.01. The number of rotatable bonds is 3. The number of benzene rings is 1. The van der Waals surface area contributed by atoms with Crippen molar-refractivity contribution in [3.8, 4) is 0 Å². The van der Waals surface area contributed by atoms with E-state index in [-0.39, 0.29) is 5.56 Å². The molecule has 0 fully saturated rings. The van der Waals surface area contributed by atoms with Crippen molar-refractivity contribution < 1.29 is 0 Å². The normalized spacial score (nSPS) is 10.9. The Labute approximate surface area is 104 Å². The van der Waals surface area contributed by atoms with Crippen LogP contribution in [0.5, 0.6) is 0 Å². The van der Waals surface area contributed by atoms with E-state index in [1.54, 1.807) is 17.8 Å². The summed E-state index contributed by atoms with van der Waals surface area (Å²) in [5.74, 6) is 0. The Hall–Kier alpha value is -1.81. The van der Waals surface area contributed by atoms with Crippen molar-refractivity contribution >= 4 is 23.9 Å². The molecule has 0 amide bonds. The molecule has 0 aliphatic heterocycles. The lowest BCUT2D eigenvalue weighted by Crippen LogP contribution is -2.05. The molecule has 0 unspecified atom stereocenters. The zero-order chi connectivity index (χ0) is 12.1. The smallest absolute Gasteiger partial charge is 0.264 e. The number of hydrogen-bond donors (Lipinski definition) is 1. The summed E-state index contributed by atoms with van der Waals surface area (Å²) in [5, 5.41) is 6.32. The Morgan fingerprint density at radius 2 is 2.00 bits per heavy atom. The summed E-state index contributed by atoms with van der Waals surface area (Å²) in [7, 11) is 0. The molecular weight excluding hydrogens is 232 g/mol. The van der Waals surface area contributed by atoms with Gasteiger partial charge in [0.25, 0.3) is 5.56 Å². The minimum absolute atomic E-state index is 0.188. The van der Waals surface area contributed by atoms with E-state index in [0.29, 0.717) is 0 Å². The Morgan fingerprint density at radius 3 is 2.71 bits per heavy atom. The van der Waals surface area contributed by atoms with Crippen LogP contribution in [0.15, 0.2) is 46.1 Å². The van der Waals surface area contributed by atoms with E-state index >= 15 is 0 Å². The first kappa shape index (κ1) is 11.7. The summed E-state index contributed by atoms with van der Waals surface area (Å²) in [6.07, 6.45) is 5.92. The second kappa shape index (κ2) is 5.50. The van der Waals surface area contributed by atoms with Crippen molar-refractivity contribution in [1.29, 1.82) is 0 Å². The molecular formula is C13H12N2OS. The van der Waals surface area contributed by atoms with Crippen molar-refractivity contribution in [1.82, 2.24) is 10.2 Å². The number of aromatic nitrogens is 2. The molecule has 3 nitrogen and oxygen atoms in total. The third-order valence-electron chi connectivity index (χ3n) is 2.27. The van der Waals surface area contributed by atoms with E-state index in [9.17, 15) is 4.79 Å². The summed E-state index contributed by atoms with van der Waals surface area (Å²) in [5.41, 5.74) is 1.69. The highest BCUT2D eigenvalue weighted by Gasteiger charge is 1.96. The quantitative estimate of drug-likeness (QED) is 0.844. The first-order valence-electron chi connectivity index (χ1n) is 5.16. The maximum absolute atomic E-state index is 10.9. The summed E-state index contributed by atoms with van der Waals surface area (Å²) in [6.45, 7) is 0. The van der Waals surface area contributed by atoms with Gasteiger partial charge in [0, 0.05) is 11.0 Å². The second-order valence-corrected chi connectivity index (χ2v) is 4.27. The van der Waals surface area contributed by atoms with Crippen molar-refractivity contribution in [2.75, 3.05) is 6.26 Å². The largest absolute Gasteiger partial charge is 0.268 e. The van der Waals surface area contributed by atoms with E-state index in [2.05, 4.69) is 16.3 Å². The van der Waals surface area contributed by atoms with Gasteiger partial charge in [-0.2, -0.15) is 5.10 Å². The average molecular weight is 244 g/mol. The lowest BCUT2D eigenvalue weighted by Gasteiger charge is -2.00. The van der Waals surface area contributed by atoms with E-state index in [1.165, 1.54) is 11.0 Å². The molecule has 4 heteroatoms. The molecule has 86 valence electrons. The molecule has 0 aliphatic rings. The summed E-state index contributed by atoms with van der Waals surface area (Å²) >= 11 is 1.70. The molecule has 17 heavy (non-hydrogen) atoms. The Morgan fingerprint density at radius 1 is 1.18 bits per heavy atom. The minimum atomic E-state index is -0.188. The first-order valence-corrected chi connectivity index (χ1v) is 6.39. The van der Waals surface area contributed by atoms with Crippen LogP contribution in [-0.2, 0) is 0 Å². The fourth-order valence-electron chi connectivity index (χ4n) is 1.43. The summed E-state index contributed by atoms with van der Waals surface area (Å²) < 4.78 is 0. The maximum atomic E-state index is 10.9. The van der Waals surface area contributed by atoms with Gasteiger partial charge in [0.15, 0.2) is 0 Å². The Kier molecular flexibility index (Phi) is 3.77. The SMILES string of the molecule is CSc1ccccc1/C=C/c1ccc(=O)[nH]n1. The molecule has 0 saturated carbocycles. The molecule has 0 aliphatic carbocycles. The molecule has 1 N–H and O–H groups in total. The highest BCUT2D eigenvalue weighted by molar-refractivity contribution is 7.98. The van der Waals surface area contributed by atoms with E-state index in [1.807, 2.05) is 36.6 Å². The van der Waals surface area contributed by atoms with Crippen LogP contribution < -0.4 is 5.56 Å². The Bertz CT molecular complexity index is 569. The van der Waals surface area contributed by atoms with Gasteiger partial charge in [0.1, 0.15) is 0 Å². The zero-order valence-electron chi connectivity index (χ0n) is 9.38. The molecule has 1 aromatic heterocycles. The van der Waals surface area contributed by atoms with Crippen LogP contribution in [0.25, 0.3) is 12.2 Å². The van der Waals surface area contributed by atoms with Crippen LogP contribution in [0.3, 0.4) is 0 Å². The van der Waals surface area contributed by atoms with E-state index in [4.69, 9.17) is 0 Å². The number of aromatic amines is 1. The number of nitrogens with zero attached hydrogens (tertiary/aromatic N) is 1.